The lowest BCUT2D eigenvalue weighted by Crippen LogP contribution is -2.41. The van der Waals surface area contributed by atoms with Gasteiger partial charge in [-0.25, -0.2) is 4.79 Å². The second-order valence-electron chi connectivity index (χ2n) is 10.4. The van der Waals surface area contributed by atoms with E-state index in [0.29, 0.717) is 19.0 Å². The Morgan fingerprint density at radius 1 is 1.00 bits per heavy atom. The lowest BCUT2D eigenvalue weighted by atomic mass is 9.92. The molecule has 0 bridgehead atoms. The zero-order valence-electron chi connectivity index (χ0n) is 20.6. The number of piperidine rings is 1. The van der Waals surface area contributed by atoms with Crippen molar-refractivity contribution in [2.45, 2.75) is 52.1 Å². The van der Waals surface area contributed by atoms with Crippen molar-refractivity contribution in [2.24, 2.45) is 7.05 Å². The van der Waals surface area contributed by atoms with Crippen LogP contribution in [0.3, 0.4) is 0 Å². The number of hydrogen-bond acceptors (Lipinski definition) is 4. The van der Waals surface area contributed by atoms with Crippen LogP contribution >= 0.6 is 0 Å². The van der Waals surface area contributed by atoms with Gasteiger partial charge in [-0.2, -0.15) is 5.10 Å². The van der Waals surface area contributed by atoms with Gasteiger partial charge in [0.05, 0.1) is 11.0 Å². The predicted octanol–water partition coefficient (Wildman–Crippen LogP) is 6.21. The predicted molar refractivity (Wildman–Crippen MR) is 136 cm³/mol. The maximum absolute atomic E-state index is 12.4. The summed E-state index contributed by atoms with van der Waals surface area (Å²) < 4.78 is 7.39. The van der Waals surface area contributed by atoms with Gasteiger partial charge in [-0.05, 0) is 87.6 Å². The fourth-order valence-electron chi connectivity index (χ4n) is 4.83. The number of hydrogen-bond donors (Lipinski definition) is 0. The third-order valence-electron chi connectivity index (χ3n) is 6.52. The Labute approximate surface area is 200 Å². The molecule has 0 atom stereocenters. The molecule has 0 saturated carbocycles. The number of ether oxygens (including phenoxy) is 1. The maximum atomic E-state index is 12.4. The molecule has 0 radical (unpaired) electrons. The Hall–Kier alpha value is -3.41. The molecule has 2 aromatic heterocycles. The number of benzene rings is 2. The van der Waals surface area contributed by atoms with Gasteiger partial charge in [0.2, 0.25) is 0 Å². The first-order valence-corrected chi connectivity index (χ1v) is 12.0. The quantitative estimate of drug-likeness (QED) is 0.360. The number of pyridine rings is 1. The zero-order chi connectivity index (χ0) is 24.0. The lowest BCUT2D eigenvalue weighted by molar-refractivity contribution is 0.0204. The van der Waals surface area contributed by atoms with Crippen LogP contribution in [0.4, 0.5) is 4.79 Å². The van der Waals surface area contributed by atoms with Crippen LogP contribution in [-0.4, -0.2) is 44.4 Å². The van der Waals surface area contributed by atoms with E-state index >= 15 is 0 Å². The summed E-state index contributed by atoms with van der Waals surface area (Å²) in [4.78, 5) is 19.2. The maximum Gasteiger partial charge on any atom is 0.410 e. The lowest BCUT2D eigenvalue weighted by Gasteiger charge is -2.33. The average molecular weight is 457 g/mol. The van der Waals surface area contributed by atoms with Gasteiger partial charge in [-0.3, -0.25) is 9.67 Å². The second-order valence-corrected chi connectivity index (χ2v) is 10.4. The van der Waals surface area contributed by atoms with Crippen molar-refractivity contribution in [1.29, 1.82) is 0 Å². The van der Waals surface area contributed by atoms with Crippen LogP contribution in [-0.2, 0) is 11.8 Å². The fourth-order valence-corrected chi connectivity index (χ4v) is 4.83. The summed E-state index contributed by atoms with van der Waals surface area (Å²) in [5.41, 5.74) is 6.26. The first-order valence-electron chi connectivity index (χ1n) is 12.0. The standard InChI is InChI=1S/C28H32N4O2/c1-18-14-22(16-23-17-31(5)30-26(18)23)20-6-8-25-21(15-20)7-9-24(29-25)19-10-12-32(13-11-19)27(33)34-28(2,3)4/h6-9,14-17,19H,10-13H2,1-5H3. The van der Waals surface area contributed by atoms with Crippen LogP contribution in [0.25, 0.3) is 32.9 Å². The van der Waals surface area contributed by atoms with E-state index in [1.807, 2.05) is 37.4 Å². The summed E-state index contributed by atoms with van der Waals surface area (Å²) in [6.45, 7) is 9.23. The van der Waals surface area contributed by atoms with E-state index < -0.39 is 5.60 Å². The fraction of sp³-hybridized carbons (Fsp3) is 0.393. The third-order valence-corrected chi connectivity index (χ3v) is 6.52. The van der Waals surface area contributed by atoms with Gasteiger partial charge in [-0.15, -0.1) is 0 Å². The SMILES string of the molecule is Cc1cc(-c2ccc3nc(C4CCN(C(=O)OC(C)(C)C)CC4)ccc3c2)cc2cn(C)nc12. The normalized spacial score (nSPS) is 15.3. The number of aromatic nitrogens is 3. The van der Waals surface area contributed by atoms with Crippen LogP contribution < -0.4 is 0 Å². The Bertz CT molecular complexity index is 1370. The molecule has 176 valence electrons. The Morgan fingerprint density at radius 3 is 2.47 bits per heavy atom. The van der Waals surface area contributed by atoms with E-state index in [4.69, 9.17) is 9.72 Å². The van der Waals surface area contributed by atoms with E-state index in [1.165, 1.54) is 16.7 Å². The van der Waals surface area contributed by atoms with Gasteiger partial charge < -0.3 is 9.64 Å². The molecule has 1 fully saturated rings. The molecule has 0 N–H and O–H groups in total. The number of nitrogens with zero attached hydrogens (tertiary/aromatic N) is 4. The van der Waals surface area contributed by atoms with Crippen molar-refractivity contribution in [3.05, 3.63) is 59.9 Å². The Balaban J connectivity index is 1.34. The minimum absolute atomic E-state index is 0.218. The van der Waals surface area contributed by atoms with Crippen molar-refractivity contribution in [2.75, 3.05) is 13.1 Å². The van der Waals surface area contributed by atoms with Crippen LogP contribution in [0, 0.1) is 6.92 Å². The monoisotopic (exact) mass is 456 g/mol. The van der Waals surface area contributed by atoms with E-state index in [0.717, 1.165) is 40.3 Å². The van der Waals surface area contributed by atoms with E-state index in [1.54, 1.807) is 0 Å². The van der Waals surface area contributed by atoms with Crippen molar-refractivity contribution in [3.8, 4) is 11.1 Å². The second kappa shape index (κ2) is 8.42. The first-order chi connectivity index (χ1) is 16.2. The number of carbonyl (C=O) groups excluding carboxylic acids is 1. The molecule has 2 aromatic carbocycles. The molecule has 4 aromatic rings. The summed E-state index contributed by atoms with van der Waals surface area (Å²) in [6, 6.07) is 15.2. The highest BCUT2D eigenvalue weighted by atomic mass is 16.6. The minimum Gasteiger partial charge on any atom is -0.444 e. The van der Waals surface area contributed by atoms with Crippen molar-refractivity contribution >= 4 is 27.9 Å². The molecule has 34 heavy (non-hydrogen) atoms. The highest BCUT2D eigenvalue weighted by Gasteiger charge is 2.28. The van der Waals surface area contributed by atoms with E-state index in [-0.39, 0.29) is 6.09 Å². The van der Waals surface area contributed by atoms with Crippen LogP contribution in [0.1, 0.15) is 50.8 Å². The molecular weight excluding hydrogens is 424 g/mol. The van der Waals surface area contributed by atoms with Gasteiger partial charge in [0.1, 0.15) is 5.60 Å². The van der Waals surface area contributed by atoms with Gasteiger partial charge in [-0.1, -0.05) is 12.1 Å². The van der Waals surface area contributed by atoms with Gasteiger partial charge >= 0.3 is 6.09 Å². The first kappa shape index (κ1) is 22.4. The third kappa shape index (κ3) is 4.49. The molecule has 1 amide bonds. The smallest absolute Gasteiger partial charge is 0.410 e. The van der Waals surface area contributed by atoms with Crippen molar-refractivity contribution < 1.29 is 9.53 Å². The summed E-state index contributed by atoms with van der Waals surface area (Å²) in [5.74, 6) is 0.360. The average Bonchev–Trinajstić information content (AvgIpc) is 3.18. The van der Waals surface area contributed by atoms with Crippen LogP contribution in [0.15, 0.2) is 48.7 Å². The molecule has 0 spiro atoms. The summed E-state index contributed by atoms with van der Waals surface area (Å²) in [5, 5.41) is 6.85. The number of fused-ring (bicyclic) bond motifs is 2. The number of rotatable bonds is 2. The summed E-state index contributed by atoms with van der Waals surface area (Å²) in [7, 11) is 1.96. The highest BCUT2D eigenvalue weighted by Crippen LogP contribution is 2.32. The van der Waals surface area contributed by atoms with Crippen molar-refractivity contribution in [3.63, 3.8) is 0 Å². The zero-order valence-corrected chi connectivity index (χ0v) is 20.6. The molecule has 1 saturated heterocycles. The Kier molecular flexibility index (Phi) is 5.54. The molecular formula is C28H32N4O2. The van der Waals surface area contributed by atoms with Gasteiger partial charge in [0, 0.05) is 48.7 Å². The van der Waals surface area contributed by atoms with E-state index in [2.05, 4.69) is 60.7 Å². The van der Waals surface area contributed by atoms with Crippen LogP contribution in [0.5, 0.6) is 0 Å². The Morgan fingerprint density at radius 2 is 1.74 bits per heavy atom. The molecule has 6 heteroatoms. The molecule has 0 unspecified atom stereocenters. The molecule has 1 aliphatic rings. The van der Waals surface area contributed by atoms with Crippen molar-refractivity contribution in [1.82, 2.24) is 19.7 Å². The molecule has 0 aliphatic carbocycles. The summed E-state index contributed by atoms with van der Waals surface area (Å²) >= 11 is 0. The number of amides is 1. The molecule has 1 aliphatic heterocycles. The molecule has 6 nitrogen and oxygen atoms in total. The topological polar surface area (TPSA) is 60.3 Å². The van der Waals surface area contributed by atoms with Gasteiger partial charge in [0.15, 0.2) is 0 Å². The number of likely N-dealkylation sites (tertiary alicyclic amines) is 1. The summed E-state index contributed by atoms with van der Waals surface area (Å²) in [6.07, 6.45) is 3.65. The largest absolute Gasteiger partial charge is 0.444 e. The van der Waals surface area contributed by atoms with Gasteiger partial charge in [0.25, 0.3) is 0 Å². The molecule has 3 heterocycles. The number of aryl methyl sites for hydroxylation is 2. The highest BCUT2D eigenvalue weighted by molar-refractivity contribution is 5.90. The number of carbonyl (C=O) groups is 1. The van der Waals surface area contributed by atoms with E-state index in [9.17, 15) is 4.79 Å². The van der Waals surface area contributed by atoms with Crippen LogP contribution in [0.2, 0.25) is 0 Å². The minimum atomic E-state index is -0.463. The molecule has 5 rings (SSSR count).